The molecule has 0 saturated carbocycles. The molecule has 0 aromatic heterocycles. The molecule has 15 heavy (non-hydrogen) atoms. The van der Waals surface area contributed by atoms with Crippen LogP contribution in [0.4, 0.5) is 0 Å². The van der Waals surface area contributed by atoms with Gasteiger partial charge >= 0.3 is 0 Å². The number of unbranched alkanes of at least 4 members (excludes halogenated alkanes) is 2. The normalized spacial score (nSPS) is 13.1. The molecule has 1 unspecified atom stereocenters. The van der Waals surface area contributed by atoms with Crippen LogP contribution < -0.4 is 5.73 Å². The second-order valence-electron chi connectivity index (χ2n) is 4.32. The van der Waals surface area contributed by atoms with Crippen LogP contribution in [-0.4, -0.2) is 29.9 Å². The third-order valence-electron chi connectivity index (χ3n) is 2.74. The van der Waals surface area contributed by atoms with Crippen LogP contribution in [0.25, 0.3) is 0 Å². The quantitative estimate of drug-likeness (QED) is 0.457. The van der Waals surface area contributed by atoms with Crippen LogP contribution >= 0.6 is 0 Å². The van der Waals surface area contributed by atoms with Crippen LogP contribution in [0.1, 0.15) is 52.9 Å². The summed E-state index contributed by atoms with van der Waals surface area (Å²) in [4.78, 5) is 2.47. The first-order valence-electron chi connectivity index (χ1n) is 6.18. The van der Waals surface area contributed by atoms with E-state index in [1.165, 1.54) is 25.7 Å². The monoisotopic (exact) mass is 213 g/mol. The fourth-order valence-corrected chi connectivity index (χ4v) is 1.72. The maximum Gasteiger partial charge on any atom is 0.0920 e. The van der Waals surface area contributed by atoms with Gasteiger partial charge in [-0.25, -0.2) is 0 Å². The molecule has 0 aliphatic rings. The number of hydrogen-bond acceptors (Lipinski definition) is 2. The fourth-order valence-electron chi connectivity index (χ4n) is 1.72. The standard InChI is InChI=1S/C12H27N3/c1-4-6-8-15(9-7-5-2)11(3)10-12(13)14/h11H,4-10H2,1-3H3,(H3,13,14). The van der Waals surface area contributed by atoms with Crippen molar-refractivity contribution in [3.8, 4) is 0 Å². The molecular formula is C12H27N3. The zero-order valence-corrected chi connectivity index (χ0v) is 10.6. The summed E-state index contributed by atoms with van der Waals surface area (Å²) in [6.07, 6.45) is 5.65. The van der Waals surface area contributed by atoms with Crippen molar-refractivity contribution in [2.75, 3.05) is 13.1 Å². The molecule has 0 radical (unpaired) electrons. The number of hydrogen-bond donors (Lipinski definition) is 2. The second kappa shape index (κ2) is 8.72. The summed E-state index contributed by atoms with van der Waals surface area (Å²) in [7, 11) is 0. The fraction of sp³-hybridized carbons (Fsp3) is 0.917. The maximum atomic E-state index is 7.32. The third kappa shape index (κ3) is 7.37. The van der Waals surface area contributed by atoms with Gasteiger partial charge in [0, 0.05) is 12.5 Å². The number of nitrogens with zero attached hydrogens (tertiary/aromatic N) is 1. The van der Waals surface area contributed by atoms with Crippen molar-refractivity contribution < 1.29 is 0 Å². The van der Waals surface area contributed by atoms with E-state index in [2.05, 4.69) is 25.7 Å². The van der Waals surface area contributed by atoms with E-state index in [1.54, 1.807) is 0 Å². The molecule has 3 N–H and O–H groups in total. The minimum absolute atomic E-state index is 0.306. The van der Waals surface area contributed by atoms with Crippen molar-refractivity contribution >= 4 is 5.84 Å². The minimum atomic E-state index is 0.306. The van der Waals surface area contributed by atoms with Gasteiger partial charge in [-0.1, -0.05) is 26.7 Å². The molecule has 0 spiro atoms. The van der Waals surface area contributed by atoms with Gasteiger partial charge in [0.05, 0.1) is 5.84 Å². The van der Waals surface area contributed by atoms with Crippen molar-refractivity contribution in [2.24, 2.45) is 5.73 Å². The average molecular weight is 213 g/mol. The van der Waals surface area contributed by atoms with Crippen molar-refractivity contribution in [1.82, 2.24) is 4.90 Å². The van der Waals surface area contributed by atoms with Gasteiger partial charge in [-0.2, -0.15) is 0 Å². The van der Waals surface area contributed by atoms with Crippen molar-refractivity contribution in [3.63, 3.8) is 0 Å². The Bertz CT molecular complexity index is 160. The lowest BCUT2D eigenvalue weighted by Crippen LogP contribution is -2.37. The van der Waals surface area contributed by atoms with E-state index >= 15 is 0 Å². The van der Waals surface area contributed by atoms with Gasteiger partial charge in [-0.05, 0) is 32.9 Å². The van der Waals surface area contributed by atoms with E-state index in [-0.39, 0.29) is 0 Å². The van der Waals surface area contributed by atoms with Gasteiger partial charge in [0.2, 0.25) is 0 Å². The van der Waals surface area contributed by atoms with E-state index in [0.29, 0.717) is 18.3 Å². The lowest BCUT2D eigenvalue weighted by molar-refractivity contribution is 0.206. The van der Waals surface area contributed by atoms with Gasteiger partial charge in [0.1, 0.15) is 0 Å². The number of nitrogens with one attached hydrogen (secondary N) is 1. The maximum absolute atomic E-state index is 7.32. The predicted octanol–water partition coefficient (Wildman–Crippen LogP) is 2.60. The van der Waals surface area contributed by atoms with Crippen molar-refractivity contribution in [3.05, 3.63) is 0 Å². The van der Waals surface area contributed by atoms with Crippen LogP contribution in [0.3, 0.4) is 0 Å². The first kappa shape index (κ1) is 14.4. The molecule has 0 aliphatic heterocycles. The number of amidine groups is 1. The summed E-state index contributed by atoms with van der Waals surface area (Å²) in [5, 5.41) is 7.32. The average Bonchev–Trinajstić information content (AvgIpc) is 2.17. The second-order valence-corrected chi connectivity index (χ2v) is 4.32. The SMILES string of the molecule is CCCCN(CCCC)C(C)CC(=N)N. The predicted molar refractivity (Wildman–Crippen MR) is 67.4 cm³/mol. The molecule has 90 valence electrons. The van der Waals surface area contributed by atoms with Crippen LogP contribution in [0.5, 0.6) is 0 Å². The molecular weight excluding hydrogens is 186 g/mol. The van der Waals surface area contributed by atoms with E-state index in [4.69, 9.17) is 11.1 Å². The van der Waals surface area contributed by atoms with Crippen molar-refractivity contribution in [2.45, 2.75) is 58.9 Å². The van der Waals surface area contributed by atoms with Gasteiger partial charge in [-0.3, -0.25) is 5.41 Å². The zero-order valence-electron chi connectivity index (χ0n) is 10.6. The molecule has 0 heterocycles. The summed E-state index contributed by atoms with van der Waals surface area (Å²) in [6, 6.07) is 0.417. The van der Waals surface area contributed by atoms with Gasteiger partial charge in [-0.15, -0.1) is 0 Å². The first-order valence-corrected chi connectivity index (χ1v) is 6.18. The van der Waals surface area contributed by atoms with E-state index in [9.17, 15) is 0 Å². The Morgan fingerprint density at radius 3 is 2.00 bits per heavy atom. The Morgan fingerprint density at radius 2 is 1.67 bits per heavy atom. The molecule has 3 nitrogen and oxygen atoms in total. The summed E-state index contributed by atoms with van der Waals surface area (Å²) in [6.45, 7) is 8.89. The molecule has 0 rings (SSSR count). The Labute approximate surface area is 94.5 Å². The molecule has 3 heteroatoms. The number of rotatable bonds is 9. The molecule has 0 fully saturated rings. The summed E-state index contributed by atoms with van der Waals surface area (Å²) >= 11 is 0. The molecule has 0 aromatic carbocycles. The summed E-state index contributed by atoms with van der Waals surface area (Å²) < 4.78 is 0. The highest BCUT2D eigenvalue weighted by Gasteiger charge is 2.13. The van der Waals surface area contributed by atoms with E-state index < -0.39 is 0 Å². The largest absolute Gasteiger partial charge is 0.388 e. The van der Waals surface area contributed by atoms with Crippen LogP contribution in [0, 0.1) is 5.41 Å². The Balaban J connectivity index is 4.00. The minimum Gasteiger partial charge on any atom is -0.388 e. The van der Waals surface area contributed by atoms with Gasteiger partial charge in [0.25, 0.3) is 0 Å². The lowest BCUT2D eigenvalue weighted by atomic mass is 10.1. The smallest absolute Gasteiger partial charge is 0.0920 e. The van der Waals surface area contributed by atoms with Gasteiger partial charge < -0.3 is 10.6 Å². The third-order valence-corrected chi connectivity index (χ3v) is 2.74. The first-order chi connectivity index (χ1) is 7.11. The lowest BCUT2D eigenvalue weighted by Gasteiger charge is -2.28. The summed E-state index contributed by atoms with van der Waals surface area (Å²) in [5.74, 6) is 0.306. The van der Waals surface area contributed by atoms with Crippen LogP contribution in [0.15, 0.2) is 0 Å². The van der Waals surface area contributed by atoms with Crippen LogP contribution in [0.2, 0.25) is 0 Å². The Kier molecular flexibility index (Phi) is 8.38. The van der Waals surface area contributed by atoms with Gasteiger partial charge in [0.15, 0.2) is 0 Å². The van der Waals surface area contributed by atoms with Crippen LogP contribution in [-0.2, 0) is 0 Å². The van der Waals surface area contributed by atoms with E-state index in [0.717, 1.165) is 13.1 Å². The topological polar surface area (TPSA) is 53.1 Å². The summed E-state index contributed by atoms with van der Waals surface area (Å²) in [5.41, 5.74) is 5.45. The van der Waals surface area contributed by atoms with E-state index in [1.807, 2.05) is 0 Å². The Hall–Kier alpha value is -0.570. The molecule has 0 bridgehead atoms. The molecule has 1 atom stereocenters. The molecule has 0 amide bonds. The highest BCUT2D eigenvalue weighted by atomic mass is 15.1. The van der Waals surface area contributed by atoms with Crippen molar-refractivity contribution in [1.29, 1.82) is 5.41 Å². The number of nitrogens with two attached hydrogens (primary N) is 1. The highest BCUT2D eigenvalue weighted by Crippen LogP contribution is 2.07. The molecule has 0 aromatic rings. The molecule has 0 aliphatic carbocycles. The molecule has 0 saturated heterocycles. The highest BCUT2D eigenvalue weighted by molar-refractivity contribution is 5.77. The zero-order chi connectivity index (χ0) is 11.7. The Morgan fingerprint density at radius 1 is 1.20 bits per heavy atom.